The molecule has 2 aromatic rings. The summed E-state index contributed by atoms with van der Waals surface area (Å²) in [6.07, 6.45) is 5.69. The molecule has 1 atom stereocenters. The Kier molecular flexibility index (Phi) is 6.57. The highest BCUT2D eigenvalue weighted by atomic mass is 79.9. The van der Waals surface area contributed by atoms with Crippen molar-refractivity contribution in [1.29, 1.82) is 5.26 Å². The van der Waals surface area contributed by atoms with Gasteiger partial charge < -0.3 is 9.64 Å². The number of nitrogens with zero attached hydrogens (tertiary/aromatic N) is 5. The van der Waals surface area contributed by atoms with Crippen LogP contribution in [-0.4, -0.2) is 46.6 Å². The summed E-state index contributed by atoms with van der Waals surface area (Å²) in [4.78, 5) is 28.7. The molecule has 1 unspecified atom stereocenters. The van der Waals surface area contributed by atoms with Crippen molar-refractivity contribution in [2.24, 2.45) is 7.05 Å². The van der Waals surface area contributed by atoms with Gasteiger partial charge in [0.1, 0.15) is 32.1 Å². The molecule has 2 amide bonds. The van der Waals surface area contributed by atoms with E-state index in [9.17, 15) is 14.9 Å². The molecular formula is C21H23BrN5O3+. The average Bonchev–Trinajstić information content (AvgIpc) is 3.14. The van der Waals surface area contributed by atoms with Crippen molar-refractivity contribution in [2.75, 3.05) is 20.2 Å². The van der Waals surface area contributed by atoms with E-state index in [4.69, 9.17) is 4.74 Å². The largest absolute Gasteiger partial charge is 0.458 e. The predicted molar refractivity (Wildman–Crippen MR) is 112 cm³/mol. The van der Waals surface area contributed by atoms with Crippen LogP contribution in [0, 0.1) is 11.3 Å². The number of aryl methyl sites for hydroxylation is 1. The maximum absolute atomic E-state index is 13.1. The number of allylic oxidation sites excluding steroid dienone is 1. The Bertz CT molecular complexity index is 1020. The molecule has 8 nitrogen and oxygen atoms in total. The lowest BCUT2D eigenvalue weighted by molar-refractivity contribution is -0.671. The molecule has 0 N–H and O–H groups in total. The molecule has 0 aliphatic carbocycles. The second-order valence-electron chi connectivity index (χ2n) is 7.03. The van der Waals surface area contributed by atoms with Gasteiger partial charge in [-0.2, -0.15) is 5.26 Å². The van der Waals surface area contributed by atoms with Gasteiger partial charge in [-0.25, -0.2) is 18.7 Å². The van der Waals surface area contributed by atoms with Crippen molar-refractivity contribution in [3.63, 3.8) is 0 Å². The first-order valence-electron chi connectivity index (χ1n) is 9.39. The lowest BCUT2D eigenvalue weighted by atomic mass is 9.93. The standard InChI is InChI=1S/C21H23BrN5O3/c1-15-18(20(28)30-13-12-26-11-10-24(2)14-26)19(16-4-6-17(22)7-5-16)27(9-8-23)21(29)25(15)3/h4-7,10-11,14,19H,9,12-13H2,1-3H3/q+1. The van der Waals surface area contributed by atoms with Crippen LogP contribution in [0.25, 0.3) is 0 Å². The summed E-state index contributed by atoms with van der Waals surface area (Å²) >= 11 is 3.40. The number of carbonyl (C=O) groups excluding carboxylic acids is 2. The first-order chi connectivity index (χ1) is 14.3. The number of hydrogen-bond acceptors (Lipinski definition) is 4. The number of carbonyl (C=O) groups is 2. The van der Waals surface area contributed by atoms with Gasteiger partial charge in [0.25, 0.3) is 0 Å². The van der Waals surface area contributed by atoms with Crippen LogP contribution in [0.4, 0.5) is 4.79 Å². The minimum Gasteiger partial charge on any atom is -0.458 e. The Labute approximate surface area is 183 Å². The third kappa shape index (κ3) is 4.39. The number of ether oxygens (including phenoxy) is 1. The zero-order valence-electron chi connectivity index (χ0n) is 17.1. The molecule has 1 aliphatic heterocycles. The van der Waals surface area contributed by atoms with Crippen molar-refractivity contribution in [3.05, 3.63) is 64.3 Å². The van der Waals surface area contributed by atoms with Gasteiger partial charge in [0.2, 0.25) is 6.33 Å². The minimum absolute atomic E-state index is 0.145. The van der Waals surface area contributed by atoms with Crippen LogP contribution in [0.3, 0.4) is 0 Å². The summed E-state index contributed by atoms with van der Waals surface area (Å²) in [5, 5.41) is 9.28. The normalized spacial score (nSPS) is 16.6. The van der Waals surface area contributed by atoms with Crippen LogP contribution in [0.5, 0.6) is 0 Å². The highest BCUT2D eigenvalue weighted by Gasteiger charge is 2.41. The van der Waals surface area contributed by atoms with E-state index in [1.54, 1.807) is 14.0 Å². The first-order valence-corrected chi connectivity index (χ1v) is 10.2. The first kappa shape index (κ1) is 21.6. The number of hydrogen-bond donors (Lipinski definition) is 0. The highest BCUT2D eigenvalue weighted by molar-refractivity contribution is 9.10. The highest BCUT2D eigenvalue weighted by Crippen LogP contribution is 2.37. The van der Waals surface area contributed by atoms with Gasteiger partial charge in [-0.1, -0.05) is 28.1 Å². The fourth-order valence-corrected chi connectivity index (χ4v) is 3.69. The molecule has 3 rings (SSSR count). The SMILES string of the molecule is CC1=C(C(=O)OCCn2cc[n+](C)c2)C(c2ccc(Br)cc2)N(CC#N)C(=O)N1C. The molecule has 0 bridgehead atoms. The van der Waals surface area contributed by atoms with Crippen molar-refractivity contribution < 1.29 is 18.9 Å². The second-order valence-corrected chi connectivity index (χ2v) is 7.95. The van der Waals surface area contributed by atoms with Gasteiger partial charge in [-0.3, -0.25) is 4.90 Å². The quantitative estimate of drug-likeness (QED) is 0.367. The zero-order chi connectivity index (χ0) is 21.8. The Morgan fingerprint density at radius 2 is 2.03 bits per heavy atom. The monoisotopic (exact) mass is 472 g/mol. The topological polar surface area (TPSA) is 82.5 Å². The third-order valence-electron chi connectivity index (χ3n) is 5.06. The summed E-state index contributed by atoms with van der Waals surface area (Å²) < 4.78 is 10.3. The van der Waals surface area contributed by atoms with E-state index >= 15 is 0 Å². The molecule has 1 aromatic heterocycles. The van der Waals surface area contributed by atoms with Crippen LogP contribution < -0.4 is 4.57 Å². The Balaban J connectivity index is 1.91. The summed E-state index contributed by atoms with van der Waals surface area (Å²) in [5.74, 6) is -0.501. The van der Waals surface area contributed by atoms with Crippen molar-refractivity contribution in [3.8, 4) is 6.07 Å². The van der Waals surface area contributed by atoms with Crippen LogP contribution in [0.15, 0.2) is 58.7 Å². The molecule has 9 heteroatoms. The lowest BCUT2D eigenvalue weighted by Crippen LogP contribution is -2.49. The fraction of sp³-hybridized carbons (Fsp3) is 0.333. The van der Waals surface area contributed by atoms with Crippen molar-refractivity contribution in [2.45, 2.75) is 19.5 Å². The number of urea groups is 1. The molecule has 1 aromatic carbocycles. The summed E-state index contributed by atoms with van der Waals surface area (Å²) in [7, 11) is 3.51. The van der Waals surface area contributed by atoms with Crippen LogP contribution in [-0.2, 0) is 23.1 Å². The summed E-state index contributed by atoms with van der Waals surface area (Å²) in [6, 6.07) is 8.34. The van der Waals surface area contributed by atoms with E-state index in [1.807, 2.05) is 65.2 Å². The number of nitriles is 1. The number of imidazole rings is 1. The molecule has 0 spiro atoms. The van der Waals surface area contributed by atoms with E-state index in [0.717, 1.165) is 10.0 Å². The maximum atomic E-state index is 13.1. The lowest BCUT2D eigenvalue weighted by Gasteiger charge is -2.40. The molecular weight excluding hydrogens is 450 g/mol. The molecule has 30 heavy (non-hydrogen) atoms. The summed E-state index contributed by atoms with van der Waals surface area (Å²) in [6.45, 7) is 2.27. The molecule has 0 fully saturated rings. The Hall–Kier alpha value is -3.12. The molecule has 1 aliphatic rings. The van der Waals surface area contributed by atoms with E-state index in [-0.39, 0.29) is 19.2 Å². The van der Waals surface area contributed by atoms with E-state index in [1.165, 1.54) is 9.80 Å². The van der Waals surface area contributed by atoms with E-state index < -0.39 is 12.0 Å². The van der Waals surface area contributed by atoms with E-state index in [0.29, 0.717) is 17.8 Å². The third-order valence-corrected chi connectivity index (χ3v) is 5.59. The van der Waals surface area contributed by atoms with Gasteiger partial charge in [-0.05, 0) is 24.6 Å². The summed E-state index contributed by atoms with van der Waals surface area (Å²) in [5.41, 5.74) is 1.60. The van der Waals surface area contributed by atoms with Crippen molar-refractivity contribution >= 4 is 27.9 Å². The molecule has 156 valence electrons. The number of rotatable bonds is 6. The smallest absolute Gasteiger partial charge is 0.338 e. The van der Waals surface area contributed by atoms with Crippen LogP contribution in [0.2, 0.25) is 0 Å². The number of esters is 1. The molecule has 0 saturated heterocycles. The Morgan fingerprint density at radius 1 is 1.33 bits per heavy atom. The Morgan fingerprint density at radius 3 is 2.63 bits per heavy atom. The minimum atomic E-state index is -0.696. The van der Waals surface area contributed by atoms with Gasteiger partial charge in [0, 0.05) is 17.2 Å². The fourth-order valence-electron chi connectivity index (χ4n) is 3.42. The van der Waals surface area contributed by atoms with Crippen molar-refractivity contribution in [1.82, 2.24) is 14.4 Å². The number of benzene rings is 1. The average molecular weight is 473 g/mol. The van der Waals surface area contributed by atoms with Gasteiger partial charge in [0.05, 0.1) is 24.7 Å². The van der Waals surface area contributed by atoms with E-state index in [2.05, 4.69) is 15.9 Å². The maximum Gasteiger partial charge on any atom is 0.338 e. The van der Waals surface area contributed by atoms with Crippen LogP contribution in [0.1, 0.15) is 18.5 Å². The van der Waals surface area contributed by atoms with Gasteiger partial charge >= 0.3 is 12.0 Å². The van der Waals surface area contributed by atoms with Gasteiger partial charge in [-0.15, -0.1) is 0 Å². The van der Waals surface area contributed by atoms with Gasteiger partial charge in [0.15, 0.2) is 0 Å². The predicted octanol–water partition coefficient (Wildman–Crippen LogP) is 2.52. The zero-order valence-corrected chi connectivity index (χ0v) is 18.7. The number of amides is 2. The van der Waals surface area contributed by atoms with Crippen LogP contribution >= 0.6 is 15.9 Å². The molecule has 0 radical (unpaired) electrons. The molecule has 0 saturated carbocycles. The number of halogens is 1. The second kappa shape index (κ2) is 9.13. The number of aromatic nitrogens is 2. The molecule has 2 heterocycles.